The minimum absolute atomic E-state index is 0.0473. The Bertz CT molecular complexity index is 1230. The van der Waals surface area contributed by atoms with Crippen LogP contribution in [-0.2, 0) is 6.54 Å². The average molecular weight is 441 g/mol. The minimum atomic E-state index is -0.0473. The van der Waals surface area contributed by atoms with Crippen molar-refractivity contribution < 1.29 is 9.32 Å². The molecule has 0 atom stereocenters. The molecule has 0 bridgehead atoms. The lowest BCUT2D eigenvalue weighted by Gasteiger charge is -2.33. The van der Waals surface area contributed by atoms with Crippen molar-refractivity contribution in [3.05, 3.63) is 84.0 Å². The second kappa shape index (κ2) is 9.30. The van der Waals surface area contributed by atoms with Crippen LogP contribution in [0.3, 0.4) is 0 Å². The van der Waals surface area contributed by atoms with Crippen molar-refractivity contribution in [2.24, 2.45) is 0 Å². The Morgan fingerprint density at radius 1 is 0.909 bits per heavy atom. The highest BCUT2D eigenvalue weighted by molar-refractivity contribution is 5.93. The Balaban J connectivity index is 1.17. The number of hydrogen-bond acceptors (Lipinski definition) is 7. The third kappa shape index (κ3) is 4.65. The number of hydrogen-bond donors (Lipinski definition) is 0. The topological polar surface area (TPSA) is 88.3 Å². The molecule has 4 aromatic rings. The van der Waals surface area contributed by atoms with Gasteiger partial charge < -0.3 is 9.42 Å². The van der Waals surface area contributed by atoms with Gasteiger partial charge in [-0.05, 0) is 12.5 Å². The van der Waals surface area contributed by atoms with Crippen LogP contribution < -0.4 is 0 Å². The zero-order chi connectivity index (χ0) is 22.6. The van der Waals surface area contributed by atoms with Gasteiger partial charge in [-0.1, -0.05) is 59.8 Å². The summed E-state index contributed by atoms with van der Waals surface area (Å²) in [5.74, 6) is 1.75. The first-order chi connectivity index (χ1) is 16.2. The first-order valence-electron chi connectivity index (χ1n) is 10.9. The largest absolute Gasteiger partial charge is 0.338 e. The summed E-state index contributed by atoms with van der Waals surface area (Å²) in [7, 11) is 0. The fourth-order valence-corrected chi connectivity index (χ4v) is 3.91. The molecule has 0 N–H and O–H groups in total. The van der Waals surface area contributed by atoms with E-state index in [4.69, 9.17) is 4.52 Å². The monoisotopic (exact) mass is 440 g/mol. The van der Waals surface area contributed by atoms with E-state index < -0.39 is 0 Å². The molecule has 8 nitrogen and oxygen atoms in total. The van der Waals surface area contributed by atoms with E-state index >= 15 is 0 Å². The van der Waals surface area contributed by atoms with Gasteiger partial charge in [0, 0.05) is 49.7 Å². The summed E-state index contributed by atoms with van der Waals surface area (Å²) >= 11 is 0. The standard InChI is InChI=1S/C25H24N6O2/c1-18-7-5-6-10-21(18)24-28-22(33-29-24)17-30-11-13-31(14-12-30)25(32)20-15-26-23(27-16-20)19-8-3-2-4-9-19/h2-10,15-16H,11-14,17H2,1H3. The van der Waals surface area contributed by atoms with Crippen molar-refractivity contribution in [1.29, 1.82) is 0 Å². The van der Waals surface area contributed by atoms with Crippen molar-refractivity contribution in [1.82, 2.24) is 29.9 Å². The molecule has 2 aromatic carbocycles. The molecule has 1 fully saturated rings. The summed E-state index contributed by atoms with van der Waals surface area (Å²) in [5, 5.41) is 4.13. The Morgan fingerprint density at radius 3 is 2.33 bits per heavy atom. The summed E-state index contributed by atoms with van der Waals surface area (Å²) in [5.41, 5.74) is 3.51. The fourth-order valence-electron chi connectivity index (χ4n) is 3.91. The van der Waals surface area contributed by atoms with Crippen molar-refractivity contribution >= 4 is 5.91 Å². The Labute approximate surface area is 191 Å². The second-order valence-electron chi connectivity index (χ2n) is 8.06. The molecular weight excluding hydrogens is 416 g/mol. The normalized spacial score (nSPS) is 14.4. The Hall–Kier alpha value is -3.91. The van der Waals surface area contributed by atoms with E-state index in [0.717, 1.165) is 29.8 Å². The van der Waals surface area contributed by atoms with Gasteiger partial charge in [0.05, 0.1) is 12.1 Å². The van der Waals surface area contributed by atoms with Crippen LogP contribution in [0, 0.1) is 6.92 Å². The lowest BCUT2D eigenvalue weighted by atomic mass is 10.1. The maximum Gasteiger partial charge on any atom is 0.257 e. The molecule has 166 valence electrons. The zero-order valence-corrected chi connectivity index (χ0v) is 18.4. The molecule has 33 heavy (non-hydrogen) atoms. The van der Waals surface area contributed by atoms with E-state index in [0.29, 0.717) is 42.7 Å². The van der Waals surface area contributed by atoms with Crippen LogP contribution in [0.2, 0.25) is 0 Å². The number of nitrogens with zero attached hydrogens (tertiary/aromatic N) is 6. The Kier molecular flexibility index (Phi) is 5.91. The maximum atomic E-state index is 12.9. The molecule has 5 rings (SSSR count). The quantitative estimate of drug-likeness (QED) is 0.470. The number of carbonyl (C=O) groups excluding carboxylic acids is 1. The highest BCUT2D eigenvalue weighted by Crippen LogP contribution is 2.20. The third-order valence-corrected chi connectivity index (χ3v) is 5.80. The summed E-state index contributed by atoms with van der Waals surface area (Å²) in [6.07, 6.45) is 3.21. The van der Waals surface area contributed by atoms with E-state index in [-0.39, 0.29) is 5.91 Å². The fraction of sp³-hybridized carbons (Fsp3) is 0.240. The molecule has 0 aliphatic carbocycles. The van der Waals surface area contributed by atoms with Gasteiger partial charge in [0.2, 0.25) is 11.7 Å². The third-order valence-electron chi connectivity index (χ3n) is 5.80. The SMILES string of the molecule is Cc1ccccc1-c1noc(CN2CCN(C(=O)c3cnc(-c4ccccc4)nc3)CC2)n1. The van der Waals surface area contributed by atoms with Crippen molar-refractivity contribution in [3.8, 4) is 22.8 Å². The van der Waals surface area contributed by atoms with Crippen molar-refractivity contribution in [2.45, 2.75) is 13.5 Å². The summed E-state index contributed by atoms with van der Waals surface area (Å²) in [6.45, 7) is 5.31. The van der Waals surface area contributed by atoms with Crippen LogP contribution >= 0.6 is 0 Å². The van der Waals surface area contributed by atoms with Gasteiger partial charge in [0.25, 0.3) is 5.91 Å². The average Bonchev–Trinajstić information content (AvgIpc) is 3.33. The maximum absolute atomic E-state index is 12.9. The lowest BCUT2D eigenvalue weighted by molar-refractivity contribution is 0.0614. The molecule has 0 unspecified atom stereocenters. The molecule has 0 radical (unpaired) electrons. The molecule has 1 saturated heterocycles. The zero-order valence-electron chi connectivity index (χ0n) is 18.4. The van der Waals surface area contributed by atoms with E-state index in [9.17, 15) is 4.79 Å². The predicted molar refractivity (Wildman–Crippen MR) is 123 cm³/mol. The molecule has 1 aliphatic rings. The number of aryl methyl sites for hydroxylation is 1. The van der Waals surface area contributed by atoms with E-state index in [1.165, 1.54) is 0 Å². The number of rotatable bonds is 5. The first kappa shape index (κ1) is 21.0. The number of carbonyl (C=O) groups is 1. The van der Waals surface area contributed by atoms with Crippen LogP contribution in [-0.4, -0.2) is 62.0 Å². The molecule has 3 heterocycles. The van der Waals surface area contributed by atoms with Gasteiger partial charge in [0.15, 0.2) is 5.82 Å². The molecule has 1 amide bonds. The number of aromatic nitrogens is 4. The molecule has 1 aliphatic heterocycles. The van der Waals surface area contributed by atoms with Crippen molar-refractivity contribution in [3.63, 3.8) is 0 Å². The van der Waals surface area contributed by atoms with Gasteiger partial charge in [-0.15, -0.1) is 0 Å². The molecule has 8 heteroatoms. The van der Waals surface area contributed by atoms with Crippen LogP contribution in [0.5, 0.6) is 0 Å². The van der Waals surface area contributed by atoms with Gasteiger partial charge in [-0.25, -0.2) is 9.97 Å². The van der Waals surface area contributed by atoms with Crippen LogP contribution in [0.15, 0.2) is 71.5 Å². The minimum Gasteiger partial charge on any atom is -0.338 e. The van der Waals surface area contributed by atoms with Gasteiger partial charge in [0.1, 0.15) is 0 Å². The summed E-state index contributed by atoms with van der Waals surface area (Å²) in [4.78, 5) is 30.2. The summed E-state index contributed by atoms with van der Waals surface area (Å²) in [6, 6.07) is 17.7. The molecule has 0 saturated carbocycles. The van der Waals surface area contributed by atoms with Crippen LogP contribution in [0.4, 0.5) is 0 Å². The highest BCUT2D eigenvalue weighted by atomic mass is 16.5. The number of amides is 1. The van der Waals surface area contributed by atoms with Gasteiger partial charge in [-0.2, -0.15) is 4.98 Å². The van der Waals surface area contributed by atoms with Crippen LogP contribution in [0.1, 0.15) is 21.8 Å². The Morgan fingerprint density at radius 2 is 1.61 bits per heavy atom. The highest BCUT2D eigenvalue weighted by Gasteiger charge is 2.24. The number of piperazine rings is 1. The predicted octanol–water partition coefficient (Wildman–Crippen LogP) is 3.46. The second-order valence-corrected chi connectivity index (χ2v) is 8.06. The lowest BCUT2D eigenvalue weighted by Crippen LogP contribution is -2.48. The van der Waals surface area contributed by atoms with Crippen LogP contribution in [0.25, 0.3) is 22.8 Å². The van der Waals surface area contributed by atoms with E-state index in [1.54, 1.807) is 12.4 Å². The van der Waals surface area contributed by atoms with Gasteiger partial charge >= 0.3 is 0 Å². The van der Waals surface area contributed by atoms with Gasteiger partial charge in [-0.3, -0.25) is 9.69 Å². The first-order valence-corrected chi connectivity index (χ1v) is 10.9. The number of benzene rings is 2. The smallest absolute Gasteiger partial charge is 0.257 e. The molecule has 2 aromatic heterocycles. The summed E-state index contributed by atoms with van der Waals surface area (Å²) < 4.78 is 5.47. The molecular formula is C25H24N6O2. The molecule has 0 spiro atoms. The van der Waals surface area contributed by atoms with E-state index in [1.807, 2.05) is 66.4 Å². The van der Waals surface area contributed by atoms with Crippen molar-refractivity contribution in [2.75, 3.05) is 26.2 Å². The van der Waals surface area contributed by atoms with E-state index in [2.05, 4.69) is 25.0 Å².